The maximum Gasteiger partial charge on any atom is 0.262 e. The van der Waals surface area contributed by atoms with Gasteiger partial charge in [-0.2, -0.15) is 0 Å². The number of piperidine rings is 1. The van der Waals surface area contributed by atoms with Crippen LogP contribution >= 0.6 is 0 Å². The Balaban J connectivity index is 1.71. The van der Waals surface area contributed by atoms with Gasteiger partial charge < -0.3 is 5.73 Å². The normalized spacial score (nSPS) is 19.8. The number of aromatic nitrogens is 1. The monoisotopic (exact) mass is 366 g/mol. The zero-order valence-electron chi connectivity index (χ0n) is 15.2. The molecule has 0 radical (unpaired) electrons. The molecular formula is C20H22N4O3. The third-order valence-corrected chi connectivity index (χ3v) is 5.27. The summed E-state index contributed by atoms with van der Waals surface area (Å²) >= 11 is 0. The fourth-order valence-corrected chi connectivity index (χ4v) is 4.03. The van der Waals surface area contributed by atoms with Crippen molar-refractivity contribution in [3.63, 3.8) is 0 Å². The Morgan fingerprint density at radius 2 is 2.00 bits per heavy atom. The summed E-state index contributed by atoms with van der Waals surface area (Å²) in [4.78, 5) is 38.8. The van der Waals surface area contributed by atoms with E-state index in [1.54, 1.807) is 6.07 Å². The molecule has 1 aromatic heterocycles. The van der Waals surface area contributed by atoms with Crippen LogP contribution in [0.5, 0.6) is 0 Å². The van der Waals surface area contributed by atoms with Gasteiger partial charge in [0.15, 0.2) is 0 Å². The van der Waals surface area contributed by atoms with Gasteiger partial charge in [-0.05, 0) is 43.0 Å². The molecule has 3 N–H and O–H groups in total. The fourth-order valence-electron chi connectivity index (χ4n) is 4.03. The minimum absolute atomic E-state index is 0.00963. The molecule has 7 nitrogen and oxygen atoms in total. The molecule has 3 heterocycles. The second kappa shape index (κ2) is 6.66. The Labute approximate surface area is 156 Å². The molecule has 0 aliphatic carbocycles. The van der Waals surface area contributed by atoms with Crippen LogP contribution in [-0.2, 0) is 6.54 Å². The highest BCUT2D eigenvalue weighted by Gasteiger charge is 2.31. The van der Waals surface area contributed by atoms with E-state index < -0.39 is 17.4 Å². The van der Waals surface area contributed by atoms with E-state index in [-0.39, 0.29) is 16.9 Å². The summed E-state index contributed by atoms with van der Waals surface area (Å²) in [6.45, 7) is 5.20. The minimum atomic E-state index is -0.584. The summed E-state index contributed by atoms with van der Waals surface area (Å²) in [5, 5.41) is 2.18. The molecule has 0 bridgehead atoms. The first-order chi connectivity index (χ1) is 12.9. The summed E-state index contributed by atoms with van der Waals surface area (Å²) in [5.74, 6) is -0.476. The van der Waals surface area contributed by atoms with Crippen LogP contribution in [0.4, 0.5) is 5.82 Å². The second-order valence-corrected chi connectivity index (χ2v) is 7.43. The number of amides is 2. The van der Waals surface area contributed by atoms with Crippen molar-refractivity contribution in [2.45, 2.75) is 26.3 Å². The van der Waals surface area contributed by atoms with Crippen LogP contribution in [0.1, 0.15) is 46.0 Å². The van der Waals surface area contributed by atoms with Gasteiger partial charge >= 0.3 is 0 Å². The highest BCUT2D eigenvalue weighted by atomic mass is 16.2. The summed E-state index contributed by atoms with van der Waals surface area (Å²) in [6.07, 6.45) is 2.46. The van der Waals surface area contributed by atoms with Crippen molar-refractivity contribution in [3.05, 3.63) is 57.4 Å². The van der Waals surface area contributed by atoms with Gasteiger partial charge in [0.2, 0.25) is 0 Å². The van der Waals surface area contributed by atoms with Crippen LogP contribution < -0.4 is 16.6 Å². The van der Waals surface area contributed by atoms with Gasteiger partial charge in [-0.15, -0.1) is 0 Å². The van der Waals surface area contributed by atoms with Gasteiger partial charge in [-0.1, -0.05) is 19.1 Å². The number of fused-ring (bicyclic) bond motifs is 1. The van der Waals surface area contributed by atoms with Crippen molar-refractivity contribution in [1.82, 2.24) is 14.8 Å². The number of nitrogens with one attached hydrogen (secondary N) is 1. The number of rotatable bonds is 3. The van der Waals surface area contributed by atoms with Gasteiger partial charge in [-0.3, -0.25) is 29.2 Å². The van der Waals surface area contributed by atoms with Crippen molar-refractivity contribution >= 4 is 17.6 Å². The zero-order chi connectivity index (χ0) is 19.1. The number of hydrogen-bond donors (Lipinski definition) is 2. The largest absolute Gasteiger partial charge is 0.384 e. The van der Waals surface area contributed by atoms with Gasteiger partial charge in [-0.25, -0.2) is 0 Å². The van der Waals surface area contributed by atoms with Crippen molar-refractivity contribution in [2.75, 3.05) is 18.8 Å². The number of carbonyl (C=O) groups excluding carboxylic acids is 2. The number of pyridine rings is 1. The highest BCUT2D eigenvalue weighted by molar-refractivity contribution is 6.23. The second-order valence-electron chi connectivity index (χ2n) is 7.43. The highest BCUT2D eigenvalue weighted by Crippen LogP contribution is 2.24. The van der Waals surface area contributed by atoms with Crippen LogP contribution in [0.25, 0.3) is 5.69 Å². The maximum absolute atomic E-state index is 12.6. The lowest BCUT2D eigenvalue weighted by atomic mass is 10.00. The Hall–Kier alpha value is -2.93. The number of hydrogen-bond acceptors (Lipinski definition) is 5. The molecule has 1 atom stereocenters. The molecule has 0 saturated carbocycles. The zero-order valence-corrected chi connectivity index (χ0v) is 15.2. The van der Waals surface area contributed by atoms with E-state index in [9.17, 15) is 14.4 Å². The van der Waals surface area contributed by atoms with Crippen LogP contribution in [0.3, 0.4) is 0 Å². The van der Waals surface area contributed by atoms with E-state index in [2.05, 4.69) is 17.1 Å². The topological polar surface area (TPSA) is 97.4 Å². The van der Waals surface area contributed by atoms with E-state index in [1.807, 2.05) is 18.2 Å². The summed E-state index contributed by atoms with van der Waals surface area (Å²) < 4.78 is 1.29. The number of carbonyl (C=O) groups is 2. The van der Waals surface area contributed by atoms with E-state index in [0.717, 1.165) is 25.2 Å². The van der Waals surface area contributed by atoms with Gasteiger partial charge in [0, 0.05) is 19.2 Å². The molecule has 2 aliphatic rings. The smallest absolute Gasteiger partial charge is 0.262 e. The van der Waals surface area contributed by atoms with Crippen molar-refractivity contribution in [1.29, 1.82) is 0 Å². The number of imide groups is 1. The molecular weight excluding hydrogens is 344 g/mol. The molecule has 140 valence electrons. The minimum Gasteiger partial charge on any atom is -0.384 e. The first kappa shape index (κ1) is 17.5. The SMILES string of the molecule is CC1CCCN(Cc2cccc(-n3c(N)c4c(cc3=O)C(=O)NC4=O)c2)C1. The first-order valence-corrected chi connectivity index (χ1v) is 9.17. The standard InChI is InChI=1S/C20H22N4O3/c1-12-4-3-7-23(10-12)11-13-5-2-6-14(8-13)24-16(25)9-15-17(18(24)21)20(27)22-19(15)26/h2,5-6,8-9,12H,3-4,7,10-11,21H2,1H3,(H,22,26,27). The third kappa shape index (κ3) is 3.14. The number of nitrogens with zero attached hydrogens (tertiary/aromatic N) is 2. The number of likely N-dealkylation sites (tertiary alicyclic amines) is 1. The number of nitrogen functional groups attached to an aromatic ring is 1. The summed E-state index contributed by atoms with van der Waals surface area (Å²) in [7, 11) is 0. The molecule has 2 aliphatic heterocycles. The predicted octanol–water partition coefficient (Wildman–Crippen LogP) is 1.54. The van der Waals surface area contributed by atoms with Crippen molar-refractivity contribution in [2.24, 2.45) is 5.92 Å². The van der Waals surface area contributed by atoms with Crippen LogP contribution in [-0.4, -0.2) is 34.4 Å². The van der Waals surface area contributed by atoms with E-state index >= 15 is 0 Å². The quantitative estimate of drug-likeness (QED) is 0.803. The molecule has 4 rings (SSSR count). The molecule has 2 amide bonds. The van der Waals surface area contributed by atoms with Crippen LogP contribution in [0.15, 0.2) is 35.1 Å². The van der Waals surface area contributed by atoms with E-state index in [4.69, 9.17) is 5.73 Å². The van der Waals surface area contributed by atoms with Crippen LogP contribution in [0, 0.1) is 5.92 Å². The lowest BCUT2D eigenvalue weighted by Crippen LogP contribution is -2.33. The van der Waals surface area contributed by atoms with Crippen molar-refractivity contribution in [3.8, 4) is 5.69 Å². The van der Waals surface area contributed by atoms with E-state index in [0.29, 0.717) is 11.6 Å². The Bertz CT molecular complexity index is 995. The summed E-state index contributed by atoms with van der Waals surface area (Å²) in [5.41, 5.74) is 7.46. The van der Waals surface area contributed by atoms with Crippen molar-refractivity contribution < 1.29 is 9.59 Å². The van der Waals surface area contributed by atoms with E-state index in [1.165, 1.54) is 23.5 Å². The average molecular weight is 366 g/mol. The molecule has 2 aromatic rings. The molecule has 1 unspecified atom stereocenters. The average Bonchev–Trinajstić information content (AvgIpc) is 2.89. The Morgan fingerprint density at radius 1 is 1.19 bits per heavy atom. The molecule has 7 heteroatoms. The van der Waals surface area contributed by atoms with Gasteiger partial charge in [0.1, 0.15) is 5.82 Å². The number of anilines is 1. The molecule has 1 fully saturated rings. The number of benzene rings is 1. The third-order valence-electron chi connectivity index (χ3n) is 5.27. The predicted molar refractivity (Wildman–Crippen MR) is 102 cm³/mol. The lowest BCUT2D eigenvalue weighted by molar-refractivity contribution is 0.0880. The maximum atomic E-state index is 12.6. The first-order valence-electron chi connectivity index (χ1n) is 9.17. The van der Waals surface area contributed by atoms with Gasteiger partial charge in [0.25, 0.3) is 17.4 Å². The molecule has 0 spiro atoms. The Morgan fingerprint density at radius 3 is 2.78 bits per heavy atom. The number of nitrogens with two attached hydrogens (primary N) is 1. The fraction of sp³-hybridized carbons (Fsp3) is 0.350. The lowest BCUT2D eigenvalue weighted by Gasteiger charge is -2.30. The molecule has 27 heavy (non-hydrogen) atoms. The summed E-state index contributed by atoms with van der Waals surface area (Å²) in [6, 6.07) is 8.76. The molecule has 1 saturated heterocycles. The van der Waals surface area contributed by atoms with Gasteiger partial charge in [0.05, 0.1) is 16.8 Å². The Kier molecular flexibility index (Phi) is 4.31. The molecule has 1 aromatic carbocycles. The van der Waals surface area contributed by atoms with Crippen LogP contribution in [0.2, 0.25) is 0 Å².